The SMILES string of the molecule is C=CC(=O)Nc1cccc(-c2cccc3cnc(Nc4ccc(OC5CCN(C)CC5)cc4F)nc23)c1.CC(C)(C)OC(=O)N1CCC(O)CC1.CC(C)(C)OC(=O)N1CCC(Oc2ccc([N+](=O)[O-])c(F)c2)CC1.O=[N+]([O-])c1ccc(O)cc1F. The molecule has 0 bridgehead atoms. The number of nitrogens with zero attached hydrogens (tertiary/aromatic N) is 7. The van der Waals surface area contributed by atoms with Gasteiger partial charge in [0.05, 0.1) is 27.2 Å². The second-order valence-electron chi connectivity index (χ2n) is 22.3. The molecule has 0 spiro atoms. The third-order valence-corrected chi connectivity index (χ3v) is 13.1. The number of carbonyl (C=O) groups is 3. The van der Waals surface area contributed by atoms with Crippen LogP contribution in [0.25, 0.3) is 22.0 Å². The zero-order chi connectivity index (χ0) is 62.9. The molecule has 3 saturated heterocycles. The van der Waals surface area contributed by atoms with Crippen molar-refractivity contribution in [1.82, 2.24) is 24.7 Å². The van der Waals surface area contributed by atoms with Gasteiger partial charge in [-0.25, -0.2) is 23.9 Å². The quantitative estimate of drug-likeness (QED) is 0.0533. The molecule has 0 aliphatic carbocycles. The van der Waals surface area contributed by atoms with Gasteiger partial charge in [-0.3, -0.25) is 25.0 Å². The van der Waals surface area contributed by atoms with Gasteiger partial charge in [0.15, 0.2) is 0 Å². The lowest BCUT2D eigenvalue weighted by atomic mass is 10.0. The smallest absolute Gasteiger partial charge is 0.410 e. The number of hydrogen-bond acceptors (Lipinski definition) is 17. The van der Waals surface area contributed by atoms with Crippen LogP contribution in [0.1, 0.15) is 80.1 Å². The number of anilines is 3. The second-order valence-corrected chi connectivity index (χ2v) is 22.3. The number of amides is 3. The second kappa shape index (κ2) is 30.1. The fourth-order valence-electron chi connectivity index (χ4n) is 8.80. The molecule has 3 amide bonds. The van der Waals surface area contributed by atoms with Crippen LogP contribution in [0.4, 0.5) is 51.5 Å². The average molecular weight is 1200 g/mol. The first-order chi connectivity index (χ1) is 40.6. The van der Waals surface area contributed by atoms with E-state index in [1.165, 1.54) is 18.2 Å². The summed E-state index contributed by atoms with van der Waals surface area (Å²) >= 11 is 0. The normalized spacial score (nSPS) is 15.0. The highest BCUT2D eigenvalue weighted by atomic mass is 19.1. The maximum atomic E-state index is 14.9. The van der Waals surface area contributed by atoms with E-state index in [9.17, 15) is 52.9 Å². The van der Waals surface area contributed by atoms with E-state index in [0.717, 1.165) is 66.7 Å². The number of halogens is 3. The summed E-state index contributed by atoms with van der Waals surface area (Å²) in [5, 5.41) is 45.1. The Balaban J connectivity index is 0.000000206. The summed E-state index contributed by atoms with van der Waals surface area (Å²) in [6.07, 6.45) is 6.28. The van der Waals surface area contributed by atoms with E-state index in [2.05, 4.69) is 39.1 Å². The number of aliphatic hydroxyl groups excluding tert-OH is 1. The zero-order valence-corrected chi connectivity index (χ0v) is 49.0. The highest BCUT2D eigenvalue weighted by Gasteiger charge is 2.29. The summed E-state index contributed by atoms with van der Waals surface area (Å²) in [5.41, 5.74) is 1.16. The van der Waals surface area contributed by atoms with E-state index in [1.807, 2.05) is 77.9 Å². The summed E-state index contributed by atoms with van der Waals surface area (Å²) in [6, 6.07) is 24.2. The number of aromatic hydroxyl groups is 1. The van der Waals surface area contributed by atoms with Crippen LogP contribution in [-0.4, -0.2) is 139 Å². The highest BCUT2D eigenvalue weighted by Crippen LogP contribution is 2.32. The summed E-state index contributed by atoms with van der Waals surface area (Å²) < 4.78 is 63.2. The molecule has 6 aromatic rings. The molecule has 3 aliphatic rings. The van der Waals surface area contributed by atoms with Crippen LogP contribution in [0.5, 0.6) is 17.2 Å². The summed E-state index contributed by atoms with van der Waals surface area (Å²) in [5.74, 6) is -1.97. The predicted octanol–water partition coefficient (Wildman–Crippen LogP) is 12.1. The number of para-hydroxylation sites is 1. The lowest BCUT2D eigenvalue weighted by Gasteiger charge is -2.33. The minimum Gasteiger partial charge on any atom is -0.508 e. The van der Waals surface area contributed by atoms with Crippen molar-refractivity contribution in [3.05, 3.63) is 154 Å². The minimum absolute atomic E-state index is 0.0974. The Morgan fingerprint density at radius 2 is 1.20 bits per heavy atom. The first-order valence-corrected chi connectivity index (χ1v) is 27.7. The highest BCUT2D eigenvalue weighted by molar-refractivity contribution is 6.00. The van der Waals surface area contributed by atoms with Crippen molar-refractivity contribution in [2.45, 2.75) is 110 Å². The lowest BCUT2D eigenvalue weighted by molar-refractivity contribution is -0.387. The summed E-state index contributed by atoms with van der Waals surface area (Å²) in [6.45, 7) is 18.6. The number of aromatic nitrogens is 2. The van der Waals surface area contributed by atoms with Crippen molar-refractivity contribution >= 4 is 57.7 Å². The van der Waals surface area contributed by atoms with Crippen LogP contribution in [0.3, 0.4) is 0 Å². The van der Waals surface area contributed by atoms with Crippen molar-refractivity contribution in [3.8, 4) is 28.4 Å². The average Bonchev–Trinajstić information content (AvgIpc) is 1.37. The van der Waals surface area contributed by atoms with Crippen molar-refractivity contribution in [2.24, 2.45) is 0 Å². The number of rotatable bonds is 11. The number of aliphatic hydroxyl groups is 1. The molecule has 25 heteroatoms. The van der Waals surface area contributed by atoms with Crippen molar-refractivity contribution in [3.63, 3.8) is 0 Å². The fraction of sp³-hybridized carbons (Fsp3) is 0.393. The summed E-state index contributed by atoms with van der Waals surface area (Å²) in [4.78, 5) is 68.8. The van der Waals surface area contributed by atoms with Gasteiger partial charge >= 0.3 is 23.6 Å². The topological polar surface area (TPSA) is 274 Å². The molecule has 4 heterocycles. The van der Waals surface area contributed by atoms with Gasteiger partial charge in [-0.1, -0.05) is 36.9 Å². The number of carbonyl (C=O) groups excluding carboxylic acids is 3. The van der Waals surface area contributed by atoms with Gasteiger partial charge in [0.2, 0.25) is 23.5 Å². The number of nitro groups is 2. The molecule has 0 radical (unpaired) electrons. The monoisotopic (exact) mass is 1200 g/mol. The standard InChI is InChI=1S/C29H28FN5O2.C16H21FN2O5.C10H19NO3.C6H4FNO3/c1-3-27(36)32-21-8-4-6-19(16-21)24-9-5-7-20-18-31-29(34-28(20)24)33-26-11-10-23(17-25(26)30)37-22-12-14-35(2)15-13-22;1-16(2,3)24-15(20)18-8-6-11(7-9-18)23-12-4-5-14(19(21)22)13(17)10-12;1-10(2,3)14-9(13)11-6-4-8(12)5-7-11;7-5-3-4(9)1-2-6(5)8(10)11/h3-11,16-18,22H,1,12-15H2,2H3,(H,32,36)(H,31,33,34);4-5,10-11H,6-9H2,1-3H3;8,12H,4-7H2,1-3H3;1-3,9H. The summed E-state index contributed by atoms with van der Waals surface area (Å²) in [7, 11) is 2.09. The zero-order valence-electron chi connectivity index (χ0n) is 49.0. The van der Waals surface area contributed by atoms with Crippen molar-refractivity contribution in [2.75, 3.05) is 56.9 Å². The van der Waals surface area contributed by atoms with Crippen LogP contribution in [0.15, 0.2) is 116 Å². The molecule has 86 heavy (non-hydrogen) atoms. The van der Waals surface area contributed by atoms with E-state index in [0.29, 0.717) is 74.9 Å². The van der Waals surface area contributed by atoms with E-state index >= 15 is 0 Å². The molecular formula is C61H72F3N9O13. The maximum absolute atomic E-state index is 14.9. The molecule has 22 nitrogen and oxygen atoms in total. The van der Waals surface area contributed by atoms with Gasteiger partial charge in [0.1, 0.15) is 46.5 Å². The van der Waals surface area contributed by atoms with E-state index in [1.54, 1.807) is 34.2 Å². The van der Waals surface area contributed by atoms with Gasteiger partial charge in [-0.2, -0.15) is 8.78 Å². The fourth-order valence-corrected chi connectivity index (χ4v) is 8.80. The van der Waals surface area contributed by atoms with E-state index in [4.69, 9.17) is 24.1 Å². The van der Waals surface area contributed by atoms with E-state index < -0.39 is 49.9 Å². The molecule has 3 fully saturated rings. The lowest BCUT2D eigenvalue weighted by Crippen LogP contribution is -2.44. The number of hydrogen-bond donors (Lipinski definition) is 4. The number of nitro benzene ring substituents is 2. The predicted molar refractivity (Wildman–Crippen MR) is 317 cm³/mol. The van der Waals surface area contributed by atoms with Crippen LogP contribution in [0, 0.1) is 37.7 Å². The van der Waals surface area contributed by atoms with Gasteiger partial charge < -0.3 is 54.5 Å². The largest absolute Gasteiger partial charge is 0.508 e. The molecule has 460 valence electrons. The Labute approximate surface area is 495 Å². The molecule has 0 saturated carbocycles. The minimum atomic E-state index is -1.03. The Kier molecular flexibility index (Phi) is 23.1. The van der Waals surface area contributed by atoms with Crippen molar-refractivity contribution < 1.29 is 66.6 Å². The van der Waals surface area contributed by atoms with Crippen LogP contribution < -0.4 is 20.1 Å². The molecular weight excluding hydrogens is 1120 g/mol. The molecule has 9 rings (SSSR count). The molecule has 0 atom stereocenters. The Morgan fingerprint density at radius 3 is 1.72 bits per heavy atom. The number of phenolic OH excluding ortho intramolecular Hbond substituents is 1. The Morgan fingerprint density at radius 1 is 0.686 bits per heavy atom. The van der Waals surface area contributed by atoms with Gasteiger partial charge in [0, 0.05) is 105 Å². The molecule has 5 aromatic carbocycles. The van der Waals surface area contributed by atoms with Crippen molar-refractivity contribution in [1.29, 1.82) is 0 Å². The number of benzene rings is 5. The first kappa shape index (κ1) is 66.0. The third kappa shape index (κ3) is 20.6. The molecule has 0 unspecified atom stereocenters. The van der Waals surface area contributed by atoms with Gasteiger partial charge in [-0.15, -0.1) is 0 Å². The van der Waals surface area contributed by atoms with Gasteiger partial charge in [0.25, 0.3) is 0 Å². The number of likely N-dealkylation sites (tertiary alicyclic amines) is 3. The van der Waals surface area contributed by atoms with E-state index in [-0.39, 0.29) is 59.5 Å². The van der Waals surface area contributed by atoms with Crippen LogP contribution in [-0.2, 0) is 14.3 Å². The molecule has 4 N–H and O–H groups in total. The number of nitrogens with one attached hydrogen (secondary N) is 2. The molecule has 1 aromatic heterocycles. The van der Waals surface area contributed by atoms with Crippen LogP contribution in [0.2, 0.25) is 0 Å². The first-order valence-electron chi connectivity index (χ1n) is 27.7. The Hall–Kier alpha value is -9.10. The maximum Gasteiger partial charge on any atom is 0.410 e. The number of piperidine rings is 3. The third-order valence-electron chi connectivity index (χ3n) is 13.1. The molecule has 3 aliphatic heterocycles. The van der Waals surface area contributed by atoms with Crippen LogP contribution >= 0.6 is 0 Å². The Bertz CT molecular complexity index is 3340. The number of phenols is 1. The number of ether oxygens (including phenoxy) is 4. The van der Waals surface area contributed by atoms with Gasteiger partial charge in [-0.05, 0) is 122 Å². The number of fused-ring (bicyclic) bond motifs is 1.